The van der Waals surface area contributed by atoms with E-state index < -0.39 is 0 Å². The van der Waals surface area contributed by atoms with E-state index in [0.717, 1.165) is 34.8 Å². The van der Waals surface area contributed by atoms with Crippen LogP contribution in [0.5, 0.6) is 5.75 Å². The van der Waals surface area contributed by atoms with Gasteiger partial charge in [0.1, 0.15) is 17.6 Å². The summed E-state index contributed by atoms with van der Waals surface area (Å²) in [5.41, 5.74) is 2.75. The van der Waals surface area contributed by atoms with Gasteiger partial charge in [-0.3, -0.25) is 9.87 Å². The molecule has 3 rings (SSSR count). The van der Waals surface area contributed by atoms with Crippen LogP contribution in [0.25, 0.3) is 11.5 Å². The zero-order valence-electron chi connectivity index (χ0n) is 18.2. The van der Waals surface area contributed by atoms with Crippen molar-refractivity contribution in [3.63, 3.8) is 0 Å². The van der Waals surface area contributed by atoms with Crippen LogP contribution in [0.4, 0.5) is 0 Å². The normalized spacial score (nSPS) is 11.8. The molecule has 31 heavy (non-hydrogen) atoms. The van der Waals surface area contributed by atoms with Gasteiger partial charge in [0, 0.05) is 18.8 Å². The second-order valence-electron chi connectivity index (χ2n) is 7.28. The van der Waals surface area contributed by atoms with Crippen LogP contribution in [0.15, 0.2) is 53.2 Å². The van der Waals surface area contributed by atoms with Crippen molar-refractivity contribution in [2.24, 2.45) is 0 Å². The lowest BCUT2D eigenvalue weighted by Gasteiger charge is -2.09. The van der Waals surface area contributed by atoms with Gasteiger partial charge in [0.2, 0.25) is 5.89 Å². The summed E-state index contributed by atoms with van der Waals surface area (Å²) in [6.07, 6.45) is 5.62. The average Bonchev–Trinajstić information content (AvgIpc) is 3.18. The van der Waals surface area contributed by atoms with E-state index in [2.05, 4.69) is 9.97 Å². The number of carbonyl (C=O) groups excluding carboxylic acids is 1. The highest BCUT2D eigenvalue weighted by Crippen LogP contribution is 2.21. The SMILES string of the molecule is CCC(C)OOC(=O)CCc1ccc(OCCc2nc(-c3cccnc3)oc2C)cc1. The van der Waals surface area contributed by atoms with E-state index in [1.807, 2.05) is 57.2 Å². The molecule has 0 fully saturated rings. The van der Waals surface area contributed by atoms with Crippen LogP contribution in [0.1, 0.15) is 43.7 Å². The lowest BCUT2D eigenvalue weighted by atomic mass is 10.1. The molecule has 1 atom stereocenters. The standard InChI is InChI=1S/C24H28N2O5/c1-4-17(2)30-31-23(27)12-9-19-7-10-21(11-8-19)28-15-13-22-18(3)29-24(26-22)20-6-5-14-25-16-20/h5-8,10-11,14,16-17H,4,9,12-13,15H2,1-3H3. The largest absolute Gasteiger partial charge is 0.493 e. The van der Waals surface area contributed by atoms with Gasteiger partial charge in [0.25, 0.3) is 0 Å². The monoisotopic (exact) mass is 424 g/mol. The highest BCUT2D eigenvalue weighted by Gasteiger charge is 2.12. The minimum absolute atomic E-state index is 0.0941. The maximum Gasteiger partial charge on any atom is 0.342 e. The third-order valence-electron chi connectivity index (χ3n) is 4.83. The van der Waals surface area contributed by atoms with Gasteiger partial charge in [-0.15, -0.1) is 0 Å². The predicted molar refractivity (Wildman–Crippen MR) is 115 cm³/mol. The first kappa shape index (κ1) is 22.5. The fourth-order valence-electron chi connectivity index (χ4n) is 2.78. The molecule has 0 aliphatic heterocycles. The summed E-state index contributed by atoms with van der Waals surface area (Å²) in [5.74, 6) is 1.74. The third kappa shape index (κ3) is 6.93. The van der Waals surface area contributed by atoms with E-state index in [-0.39, 0.29) is 18.5 Å². The average molecular weight is 424 g/mol. The number of hydrogen-bond donors (Lipinski definition) is 0. The fraction of sp³-hybridized carbons (Fsp3) is 0.375. The summed E-state index contributed by atoms with van der Waals surface area (Å²) in [7, 11) is 0. The second-order valence-corrected chi connectivity index (χ2v) is 7.28. The lowest BCUT2D eigenvalue weighted by Crippen LogP contribution is -2.13. The van der Waals surface area contributed by atoms with Crippen molar-refractivity contribution in [2.75, 3.05) is 6.61 Å². The van der Waals surface area contributed by atoms with Gasteiger partial charge in [-0.1, -0.05) is 19.1 Å². The Hall–Kier alpha value is -3.19. The number of nitrogens with zero attached hydrogens (tertiary/aromatic N) is 2. The highest BCUT2D eigenvalue weighted by atomic mass is 17.2. The molecule has 7 nitrogen and oxygen atoms in total. The van der Waals surface area contributed by atoms with Crippen molar-refractivity contribution in [3.8, 4) is 17.2 Å². The topological polar surface area (TPSA) is 83.7 Å². The molecule has 0 N–H and O–H groups in total. The van der Waals surface area contributed by atoms with Gasteiger partial charge in [0.05, 0.1) is 24.3 Å². The van der Waals surface area contributed by atoms with E-state index >= 15 is 0 Å². The Labute approximate surface area is 182 Å². The fourth-order valence-corrected chi connectivity index (χ4v) is 2.78. The molecule has 7 heteroatoms. The molecule has 0 saturated heterocycles. The molecule has 1 unspecified atom stereocenters. The van der Waals surface area contributed by atoms with E-state index in [9.17, 15) is 4.79 Å². The quantitative estimate of drug-likeness (QED) is 0.321. The molecule has 1 aromatic carbocycles. The Morgan fingerprint density at radius 2 is 1.97 bits per heavy atom. The predicted octanol–water partition coefficient (Wildman–Crippen LogP) is 4.87. The molecule has 2 heterocycles. The van der Waals surface area contributed by atoms with Crippen LogP contribution in [-0.2, 0) is 27.4 Å². The maximum atomic E-state index is 11.7. The summed E-state index contributed by atoms with van der Waals surface area (Å²) >= 11 is 0. The zero-order valence-corrected chi connectivity index (χ0v) is 18.2. The Bertz CT molecular complexity index is 954. The molecule has 0 aliphatic carbocycles. The molecule has 0 aliphatic rings. The number of ether oxygens (including phenoxy) is 1. The first-order chi connectivity index (χ1) is 15.0. The number of pyridine rings is 1. The van der Waals surface area contributed by atoms with Crippen molar-refractivity contribution in [1.82, 2.24) is 9.97 Å². The number of aryl methyl sites for hydroxylation is 2. The number of oxazole rings is 1. The van der Waals surface area contributed by atoms with Crippen LogP contribution in [-0.4, -0.2) is 28.6 Å². The zero-order chi connectivity index (χ0) is 22.1. The summed E-state index contributed by atoms with van der Waals surface area (Å²) in [4.78, 5) is 30.1. The van der Waals surface area contributed by atoms with E-state index in [1.165, 1.54) is 0 Å². The molecular weight excluding hydrogens is 396 g/mol. The summed E-state index contributed by atoms with van der Waals surface area (Å²) in [6, 6.07) is 11.4. The van der Waals surface area contributed by atoms with E-state index in [4.69, 9.17) is 18.9 Å². The van der Waals surface area contributed by atoms with Gasteiger partial charge < -0.3 is 9.15 Å². The number of carbonyl (C=O) groups is 1. The molecule has 164 valence electrons. The summed E-state index contributed by atoms with van der Waals surface area (Å²) < 4.78 is 11.6. The van der Waals surface area contributed by atoms with Crippen molar-refractivity contribution in [2.45, 2.75) is 52.6 Å². The molecule has 0 spiro atoms. The molecule has 3 aromatic rings. The minimum Gasteiger partial charge on any atom is -0.493 e. The Morgan fingerprint density at radius 3 is 2.68 bits per heavy atom. The van der Waals surface area contributed by atoms with Crippen molar-refractivity contribution >= 4 is 5.97 Å². The Kier molecular flexibility index (Phi) is 8.18. The molecule has 0 radical (unpaired) electrons. The number of hydrogen-bond acceptors (Lipinski definition) is 7. The molecule has 0 amide bonds. The molecular formula is C24H28N2O5. The van der Waals surface area contributed by atoms with Gasteiger partial charge in [-0.05, 0) is 56.5 Å². The number of benzene rings is 1. The van der Waals surface area contributed by atoms with Crippen molar-refractivity contribution < 1.29 is 23.7 Å². The van der Waals surface area contributed by atoms with Crippen molar-refractivity contribution in [1.29, 1.82) is 0 Å². The second kappa shape index (κ2) is 11.3. The van der Waals surface area contributed by atoms with Crippen LogP contribution in [0.3, 0.4) is 0 Å². The van der Waals surface area contributed by atoms with Gasteiger partial charge in [-0.25, -0.2) is 9.78 Å². The Balaban J connectivity index is 1.43. The molecule has 2 aromatic heterocycles. The van der Waals surface area contributed by atoms with E-state index in [1.54, 1.807) is 12.4 Å². The summed E-state index contributed by atoms with van der Waals surface area (Å²) in [6.45, 7) is 6.21. The lowest BCUT2D eigenvalue weighted by molar-refractivity contribution is -0.294. The highest BCUT2D eigenvalue weighted by molar-refractivity contribution is 5.69. The van der Waals surface area contributed by atoms with Crippen molar-refractivity contribution in [3.05, 3.63) is 65.8 Å². The van der Waals surface area contributed by atoms with Gasteiger partial charge >= 0.3 is 5.97 Å². The smallest absolute Gasteiger partial charge is 0.342 e. The van der Waals surface area contributed by atoms with Crippen LogP contribution in [0, 0.1) is 6.92 Å². The summed E-state index contributed by atoms with van der Waals surface area (Å²) in [5, 5.41) is 0. The minimum atomic E-state index is -0.366. The van der Waals surface area contributed by atoms with E-state index in [0.29, 0.717) is 25.3 Å². The number of aromatic nitrogens is 2. The maximum absolute atomic E-state index is 11.7. The Morgan fingerprint density at radius 1 is 1.16 bits per heavy atom. The molecule has 0 saturated carbocycles. The van der Waals surface area contributed by atoms with Gasteiger partial charge in [-0.2, -0.15) is 4.89 Å². The van der Waals surface area contributed by atoms with Crippen LogP contribution < -0.4 is 4.74 Å². The van der Waals surface area contributed by atoms with Gasteiger partial charge in [0.15, 0.2) is 0 Å². The van der Waals surface area contributed by atoms with Crippen LogP contribution in [0.2, 0.25) is 0 Å². The first-order valence-corrected chi connectivity index (χ1v) is 10.5. The number of rotatable bonds is 11. The third-order valence-corrected chi connectivity index (χ3v) is 4.83. The van der Waals surface area contributed by atoms with Crippen LogP contribution >= 0.6 is 0 Å². The molecule has 0 bridgehead atoms. The first-order valence-electron chi connectivity index (χ1n) is 10.5.